The number of imidazole rings is 1. The molecule has 0 aliphatic heterocycles. The second-order valence-corrected chi connectivity index (χ2v) is 6.99. The maximum Gasteiger partial charge on any atom is 0.261 e. The summed E-state index contributed by atoms with van der Waals surface area (Å²) in [7, 11) is 0. The molecule has 0 saturated heterocycles. The number of nitrogens with zero attached hydrogens (tertiary/aromatic N) is 2. The summed E-state index contributed by atoms with van der Waals surface area (Å²) >= 11 is 2.96. The third-order valence-corrected chi connectivity index (χ3v) is 5.63. The number of amides is 1. The number of fused-ring (bicyclic) bond motifs is 3. The van der Waals surface area contributed by atoms with Crippen molar-refractivity contribution < 1.29 is 9.90 Å². The van der Waals surface area contributed by atoms with Crippen molar-refractivity contribution in [3.05, 3.63) is 22.5 Å². The molecule has 0 saturated carbocycles. The van der Waals surface area contributed by atoms with E-state index in [-0.39, 0.29) is 12.5 Å². The summed E-state index contributed by atoms with van der Waals surface area (Å²) in [6, 6.07) is 1.86. The van der Waals surface area contributed by atoms with Crippen LogP contribution in [0.3, 0.4) is 0 Å². The molecule has 0 aliphatic rings. The van der Waals surface area contributed by atoms with Gasteiger partial charge in [0.25, 0.3) is 5.91 Å². The van der Waals surface area contributed by atoms with Crippen LogP contribution in [0.25, 0.3) is 15.3 Å². The van der Waals surface area contributed by atoms with Gasteiger partial charge >= 0.3 is 0 Å². The normalized spacial score (nSPS) is 12.3. The highest BCUT2D eigenvalue weighted by Gasteiger charge is 2.24. The van der Waals surface area contributed by atoms with Crippen LogP contribution >= 0.6 is 22.7 Å². The number of thiazole rings is 1. The molecule has 3 aromatic heterocycles. The van der Waals surface area contributed by atoms with E-state index in [1.165, 1.54) is 11.3 Å². The Kier molecular flexibility index (Phi) is 3.73. The zero-order valence-corrected chi connectivity index (χ0v) is 13.6. The van der Waals surface area contributed by atoms with E-state index in [1.807, 2.05) is 35.9 Å². The average molecular weight is 323 g/mol. The minimum Gasteiger partial charge on any atom is -0.388 e. The monoisotopic (exact) mass is 323 g/mol. The third kappa shape index (κ3) is 2.56. The van der Waals surface area contributed by atoms with Crippen molar-refractivity contribution in [3.8, 4) is 0 Å². The number of hydrogen-bond acceptors (Lipinski definition) is 5. The number of aliphatic hydroxyl groups is 1. The van der Waals surface area contributed by atoms with Gasteiger partial charge in [0, 0.05) is 18.1 Å². The Bertz CT molecular complexity index is 783. The first-order valence-corrected chi connectivity index (χ1v) is 8.61. The molecule has 5 nitrogen and oxygen atoms in total. The van der Waals surface area contributed by atoms with Crippen LogP contribution in [0, 0.1) is 0 Å². The van der Waals surface area contributed by atoms with Crippen molar-refractivity contribution in [2.75, 3.05) is 6.54 Å². The number of rotatable bonds is 5. The Morgan fingerprint density at radius 1 is 1.48 bits per heavy atom. The van der Waals surface area contributed by atoms with Crippen molar-refractivity contribution in [1.29, 1.82) is 0 Å². The fourth-order valence-corrected chi connectivity index (χ4v) is 3.91. The first-order chi connectivity index (χ1) is 10.1. The van der Waals surface area contributed by atoms with Gasteiger partial charge in [0.05, 0.1) is 16.0 Å². The molecule has 0 aliphatic carbocycles. The first-order valence-electron chi connectivity index (χ1n) is 6.92. The topological polar surface area (TPSA) is 66.6 Å². The molecule has 1 amide bonds. The zero-order valence-electron chi connectivity index (χ0n) is 11.9. The fraction of sp³-hybridized carbons (Fsp3) is 0.429. The number of carbonyl (C=O) groups is 1. The molecule has 0 radical (unpaired) electrons. The molecule has 2 N–H and O–H groups in total. The highest BCUT2D eigenvalue weighted by molar-refractivity contribution is 7.21. The molecule has 0 aromatic carbocycles. The second kappa shape index (κ2) is 5.40. The molecule has 112 valence electrons. The summed E-state index contributed by atoms with van der Waals surface area (Å²) in [5.41, 5.74) is 0.137. The predicted octanol–water partition coefficient (Wildman–Crippen LogP) is 2.89. The Labute approximate surface area is 130 Å². The van der Waals surface area contributed by atoms with E-state index < -0.39 is 5.60 Å². The van der Waals surface area contributed by atoms with Gasteiger partial charge in [-0.2, -0.15) is 0 Å². The highest BCUT2D eigenvalue weighted by Crippen LogP contribution is 2.28. The van der Waals surface area contributed by atoms with Gasteiger partial charge in [0.2, 0.25) is 0 Å². The number of aromatic nitrogens is 2. The lowest BCUT2D eigenvalue weighted by Gasteiger charge is -2.25. The van der Waals surface area contributed by atoms with Gasteiger partial charge in [-0.25, -0.2) is 4.98 Å². The van der Waals surface area contributed by atoms with Crippen LogP contribution in [0.1, 0.15) is 36.4 Å². The Morgan fingerprint density at radius 3 is 2.95 bits per heavy atom. The molecule has 3 heterocycles. The van der Waals surface area contributed by atoms with Gasteiger partial charge in [0.1, 0.15) is 4.83 Å². The van der Waals surface area contributed by atoms with Crippen LogP contribution in [-0.4, -0.2) is 32.5 Å². The maximum atomic E-state index is 12.2. The summed E-state index contributed by atoms with van der Waals surface area (Å²) in [5.74, 6) is -0.151. The minimum absolute atomic E-state index is 0.151. The molecule has 3 rings (SSSR count). The molecule has 7 heteroatoms. The number of carbonyl (C=O) groups excluding carboxylic acids is 1. The predicted molar refractivity (Wildman–Crippen MR) is 86.3 cm³/mol. The van der Waals surface area contributed by atoms with Crippen LogP contribution in [0.5, 0.6) is 0 Å². The lowest BCUT2D eigenvalue weighted by molar-refractivity contribution is 0.0314. The number of thiophene rings is 1. The standard InChI is InChI=1S/C14H17N3O2S2/c1-3-14(19,4-2)8-15-11(18)10-7-9-12(21-10)16-13-17(9)5-6-20-13/h5-7,19H,3-4,8H2,1-2H3,(H,15,18). The quantitative estimate of drug-likeness (QED) is 0.759. The van der Waals surface area contributed by atoms with Crippen LogP contribution in [0.2, 0.25) is 0 Å². The average Bonchev–Trinajstić information content (AvgIpc) is 3.15. The van der Waals surface area contributed by atoms with Gasteiger partial charge in [0.15, 0.2) is 4.96 Å². The molecule has 21 heavy (non-hydrogen) atoms. The van der Waals surface area contributed by atoms with Crippen molar-refractivity contribution in [3.63, 3.8) is 0 Å². The van der Waals surface area contributed by atoms with Gasteiger partial charge < -0.3 is 10.4 Å². The molecule has 3 aromatic rings. The largest absolute Gasteiger partial charge is 0.388 e. The van der Waals surface area contributed by atoms with E-state index in [1.54, 1.807) is 11.3 Å². The minimum atomic E-state index is -0.824. The van der Waals surface area contributed by atoms with Gasteiger partial charge in [-0.3, -0.25) is 9.20 Å². The Balaban J connectivity index is 1.79. The summed E-state index contributed by atoms with van der Waals surface area (Å²) in [5, 5.41) is 15.0. The molecule has 0 bridgehead atoms. The van der Waals surface area contributed by atoms with Crippen molar-refractivity contribution >= 4 is 43.9 Å². The van der Waals surface area contributed by atoms with Crippen LogP contribution in [0.15, 0.2) is 17.6 Å². The summed E-state index contributed by atoms with van der Waals surface area (Å²) in [4.78, 5) is 19.1. The Hall–Kier alpha value is -1.44. The maximum absolute atomic E-state index is 12.2. The molecular formula is C14H17N3O2S2. The van der Waals surface area contributed by atoms with E-state index in [0.717, 1.165) is 15.3 Å². The van der Waals surface area contributed by atoms with Gasteiger partial charge in [-0.1, -0.05) is 13.8 Å². The molecule has 0 spiro atoms. The molecule has 0 fully saturated rings. The van der Waals surface area contributed by atoms with E-state index in [2.05, 4.69) is 10.3 Å². The third-order valence-electron chi connectivity index (χ3n) is 3.86. The van der Waals surface area contributed by atoms with E-state index in [0.29, 0.717) is 17.7 Å². The SMILES string of the molecule is CCC(O)(CC)CNC(=O)c1cc2c(nc3sccn32)s1. The number of nitrogens with one attached hydrogen (secondary N) is 1. The molecule has 0 atom stereocenters. The Morgan fingerprint density at radius 2 is 2.24 bits per heavy atom. The van der Waals surface area contributed by atoms with Crippen LogP contribution < -0.4 is 5.32 Å². The zero-order chi connectivity index (χ0) is 15.0. The van der Waals surface area contributed by atoms with Crippen molar-refractivity contribution in [2.45, 2.75) is 32.3 Å². The van der Waals surface area contributed by atoms with E-state index in [4.69, 9.17) is 0 Å². The van der Waals surface area contributed by atoms with Crippen LogP contribution in [-0.2, 0) is 0 Å². The highest BCUT2D eigenvalue weighted by atomic mass is 32.1. The second-order valence-electron chi connectivity index (χ2n) is 5.08. The summed E-state index contributed by atoms with van der Waals surface area (Å²) in [6.07, 6.45) is 3.19. The van der Waals surface area contributed by atoms with E-state index in [9.17, 15) is 9.90 Å². The smallest absolute Gasteiger partial charge is 0.261 e. The fourth-order valence-electron chi connectivity index (χ4n) is 2.19. The summed E-state index contributed by atoms with van der Waals surface area (Å²) < 4.78 is 1.99. The van der Waals surface area contributed by atoms with Crippen molar-refractivity contribution in [1.82, 2.24) is 14.7 Å². The molecule has 0 unspecified atom stereocenters. The lowest BCUT2D eigenvalue weighted by atomic mass is 9.98. The lowest BCUT2D eigenvalue weighted by Crippen LogP contribution is -2.41. The van der Waals surface area contributed by atoms with Gasteiger partial charge in [-0.15, -0.1) is 22.7 Å². The summed E-state index contributed by atoms with van der Waals surface area (Å²) in [6.45, 7) is 4.11. The number of hydrogen-bond donors (Lipinski definition) is 2. The van der Waals surface area contributed by atoms with Crippen molar-refractivity contribution in [2.24, 2.45) is 0 Å². The molecular weight excluding hydrogens is 306 g/mol. The van der Waals surface area contributed by atoms with Crippen LogP contribution in [0.4, 0.5) is 0 Å². The van der Waals surface area contributed by atoms with Gasteiger partial charge in [-0.05, 0) is 18.9 Å². The first kappa shape index (κ1) is 14.5. The van der Waals surface area contributed by atoms with E-state index >= 15 is 0 Å².